The van der Waals surface area contributed by atoms with E-state index < -0.39 is 0 Å². The van der Waals surface area contributed by atoms with Crippen LogP contribution in [-0.4, -0.2) is 41.6 Å². The molecule has 3 rings (SSSR count). The van der Waals surface area contributed by atoms with Gasteiger partial charge in [0.15, 0.2) is 0 Å². The van der Waals surface area contributed by atoms with E-state index in [4.69, 9.17) is 16.3 Å². The largest absolute Gasteiger partial charge is 0.489 e. The first kappa shape index (κ1) is 18.5. The predicted octanol–water partition coefficient (Wildman–Crippen LogP) is 3.03. The van der Waals surface area contributed by atoms with Crippen LogP contribution in [0.1, 0.15) is 31.7 Å². The summed E-state index contributed by atoms with van der Waals surface area (Å²) >= 11 is 5.86. The maximum atomic E-state index is 11.9. The molecule has 2 aromatic rings. The fraction of sp³-hybridized carbons (Fsp3) is 0.421. The van der Waals surface area contributed by atoms with Gasteiger partial charge in [-0.3, -0.25) is 4.79 Å². The lowest BCUT2D eigenvalue weighted by Gasteiger charge is -2.18. The van der Waals surface area contributed by atoms with Crippen molar-refractivity contribution in [3.8, 4) is 5.75 Å². The van der Waals surface area contributed by atoms with Crippen LogP contribution in [0.4, 0.5) is 5.82 Å². The normalized spacial score (nSPS) is 17.8. The molecule has 0 radical (unpaired) electrons. The SMILES string of the molecule is CCNC(=O)C(C)c1ccc(O[C@@H]2CCN(c3ccnc(Cl)n3)C2)cc1. The van der Waals surface area contributed by atoms with Crippen molar-refractivity contribution in [2.45, 2.75) is 32.3 Å². The second kappa shape index (κ2) is 8.36. The van der Waals surface area contributed by atoms with Crippen LogP contribution in [0.3, 0.4) is 0 Å². The predicted molar refractivity (Wildman–Crippen MR) is 102 cm³/mol. The van der Waals surface area contributed by atoms with Gasteiger partial charge in [0.25, 0.3) is 0 Å². The average Bonchev–Trinajstić information content (AvgIpc) is 3.10. The van der Waals surface area contributed by atoms with Crippen molar-refractivity contribution in [3.05, 3.63) is 47.4 Å². The average molecular weight is 375 g/mol. The van der Waals surface area contributed by atoms with Crippen LogP contribution in [0.5, 0.6) is 5.75 Å². The Bertz CT molecular complexity index is 753. The fourth-order valence-corrected chi connectivity index (χ4v) is 3.18. The van der Waals surface area contributed by atoms with Crippen LogP contribution in [0, 0.1) is 0 Å². The third kappa shape index (κ3) is 4.43. The molecule has 1 saturated heterocycles. The van der Waals surface area contributed by atoms with Crippen LogP contribution in [0.25, 0.3) is 0 Å². The zero-order chi connectivity index (χ0) is 18.5. The zero-order valence-electron chi connectivity index (χ0n) is 15.0. The summed E-state index contributed by atoms with van der Waals surface area (Å²) in [5.74, 6) is 1.50. The van der Waals surface area contributed by atoms with Gasteiger partial charge < -0.3 is 15.0 Å². The highest BCUT2D eigenvalue weighted by Gasteiger charge is 2.25. The van der Waals surface area contributed by atoms with E-state index in [-0.39, 0.29) is 23.2 Å². The van der Waals surface area contributed by atoms with Crippen molar-refractivity contribution >= 4 is 23.3 Å². The minimum absolute atomic E-state index is 0.0381. The van der Waals surface area contributed by atoms with E-state index in [1.807, 2.05) is 44.2 Å². The van der Waals surface area contributed by atoms with Crippen molar-refractivity contribution in [1.82, 2.24) is 15.3 Å². The number of ether oxygens (including phenoxy) is 1. The molecule has 1 N–H and O–H groups in total. The lowest BCUT2D eigenvalue weighted by Crippen LogP contribution is -2.27. The molecule has 2 heterocycles. The van der Waals surface area contributed by atoms with Crippen LogP contribution in [0.15, 0.2) is 36.5 Å². The second-order valence-corrected chi connectivity index (χ2v) is 6.68. The summed E-state index contributed by atoms with van der Waals surface area (Å²) in [5.41, 5.74) is 0.979. The highest BCUT2D eigenvalue weighted by Crippen LogP contribution is 2.24. The molecule has 2 atom stereocenters. The molecule has 1 amide bonds. The quantitative estimate of drug-likeness (QED) is 0.787. The number of likely N-dealkylation sites (N-methyl/N-ethyl adjacent to an activating group) is 1. The summed E-state index contributed by atoms with van der Waals surface area (Å²) in [6, 6.07) is 9.61. The Hall–Kier alpha value is -2.34. The first-order valence-electron chi connectivity index (χ1n) is 8.84. The molecule has 0 saturated carbocycles. The molecule has 138 valence electrons. The number of anilines is 1. The van der Waals surface area contributed by atoms with Gasteiger partial charge in [0.1, 0.15) is 17.7 Å². The number of hydrogen-bond donors (Lipinski definition) is 1. The summed E-state index contributed by atoms with van der Waals surface area (Å²) in [7, 11) is 0. The summed E-state index contributed by atoms with van der Waals surface area (Å²) < 4.78 is 6.08. The standard InChI is InChI=1S/C19H23ClN4O2/c1-3-21-18(25)13(2)14-4-6-15(7-5-14)26-16-9-11-24(12-16)17-8-10-22-19(20)23-17/h4-8,10,13,16H,3,9,11-12H2,1-2H3,(H,21,25)/t13?,16-/m1/s1. The van der Waals surface area contributed by atoms with Gasteiger partial charge in [-0.2, -0.15) is 0 Å². The van der Waals surface area contributed by atoms with Gasteiger partial charge in [-0.1, -0.05) is 12.1 Å². The maximum absolute atomic E-state index is 11.9. The number of nitrogens with one attached hydrogen (secondary N) is 1. The van der Waals surface area contributed by atoms with Gasteiger partial charge >= 0.3 is 0 Å². The summed E-state index contributed by atoms with van der Waals surface area (Å²) in [6.45, 7) is 6.08. The number of carbonyl (C=O) groups excluding carboxylic acids is 1. The molecule has 0 spiro atoms. The summed E-state index contributed by atoms with van der Waals surface area (Å²) in [5, 5.41) is 3.10. The molecular weight excluding hydrogens is 352 g/mol. The van der Waals surface area contributed by atoms with E-state index in [1.165, 1.54) is 0 Å². The number of hydrogen-bond acceptors (Lipinski definition) is 5. The van der Waals surface area contributed by atoms with E-state index in [2.05, 4.69) is 20.2 Å². The van der Waals surface area contributed by atoms with Crippen LogP contribution >= 0.6 is 11.6 Å². The van der Waals surface area contributed by atoms with Crippen molar-refractivity contribution in [2.75, 3.05) is 24.5 Å². The molecule has 7 heteroatoms. The van der Waals surface area contributed by atoms with Gasteiger partial charge in [0.05, 0.1) is 12.5 Å². The Kier molecular flexibility index (Phi) is 5.93. The minimum Gasteiger partial charge on any atom is -0.489 e. The van der Waals surface area contributed by atoms with Crippen LogP contribution in [-0.2, 0) is 4.79 Å². The molecule has 0 aliphatic carbocycles. The Morgan fingerprint density at radius 2 is 2.15 bits per heavy atom. The van der Waals surface area contributed by atoms with E-state index in [0.29, 0.717) is 6.54 Å². The highest BCUT2D eigenvalue weighted by atomic mass is 35.5. The van der Waals surface area contributed by atoms with Gasteiger partial charge in [0, 0.05) is 25.7 Å². The lowest BCUT2D eigenvalue weighted by molar-refractivity contribution is -0.122. The van der Waals surface area contributed by atoms with Crippen molar-refractivity contribution in [3.63, 3.8) is 0 Å². The van der Waals surface area contributed by atoms with E-state index in [1.54, 1.807) is 6.20 Å². The topological polar surface area (TPSA) is 67.3 Å². The molecular formula is C19H23ClN4O2. The number of rotatable bonds is 6. The first-order valence-corrected chi connectivity index (χ1v) is 9.22. The molecule has 0 bridgehead atoms. The fourth-order valence-electron chi connectivity index (χ4n) is 3.04. The smallest absolute Gasteiger partial charge is 0.227 e. The third-order valence-electron chi connectivity index (χ3n) is 4.51. The molecule has 1 unspecified atom stereocenters. The number of carbonyl (C=O) groups is 1. The van der Waals surface area contributed by atoms with Gasteiger partial charge in [-0.15, -0.1) is 0 Å². The van der Waals surface area contributed by atoms with Gasteiger partial charge in [-0.05, 0) is 49.2 Å². The number of aromatic nitrogens is 2. The molecule has 1 aliphatic heterocycles. The monoisotopic (exact) mass is 374 g/mol. The Balaban J connectivity index is 1.57. The third-order valence-corrected chi connectivity index (χ3v) is 4.69. The highest BCUT2D eigenvalue weighted by molar-refractivity contribution is 6.28. The molecule has 1 aromatic heterocycles. The molecule has 1 aromatic carbocycles. The molecule has 1 aliphatic rings. The van der Waals surface area contributed by atoms with E-state index in [0.717, 1.165) is 36.6 Å². The second-order valence-electron chi connectivity index (χ2n) is 6.34. The summed E-state index contributed by atoms with van der Waals surface area (Å²) in [4.78, 5) is 22.2. The van der Waals surface area contributed by atoms with Gasteiger partial charge in [-0.25, -0.2) is 9.97 Å². The van der Waals surface area contributed by atoms with Crippen molar-refractivity contribution < 1.29 is 9.53 Å². The zero-order valence-corrected chi connectivity index (χ0v) is 15.7. The number of nitrogens with zero attached hydrogens (tertiary/aromatic N) is 3. The minimum atomic E-state index is -0.173. The number of halogens is 1. The lowest BCUT2D eigenvalue weighted by atomic mass is 10.0. The van der Waals surface area contributed by atoms with E-state index >= 15 is 0 Å². The maximum Gasteiger partial charge on any atom is 0.227 e. The first-order chi connectivity index (χ1) is 12.6. The Morgan fingerprint density at radius 3 is 2.85 bits per heavy atom. The van der Waals surface area contributed by atoms with Crippen molar-refractivity contribution in [1.29, 1.82) is 0 Å². The van der Waals surface area contributed by atoms with Crippen LogP contribution < -0.4 is 15.0 Å². The number of amides is 1. The van der Waals surface area contributed by atoms with E-state index in [9.17, 15) is 4.79 Å². The molecule has 1 fully saturated rings. The Morgan fingerprint density at radius 1 is 1.38 bits per heavy atom. The molecule has 6 nitrogen and oxygen atoms in total. The van der Waals surface area contributed by atoms with Crippen LogP contribution in [0.2, 0.25) is 5.28 Å². The summed E-state index contributed by atoms with van der Waals surface area (Å²) in [6.07, 6.45) is 2.67. The Labute approximate surface area is 158 Å². The van der Waals surface area contributed by atoms with Crippen molar-refractivity contribution in [2.24, 2.45) is 0 Å². The molecule has 26 heavy (non-hydrogen) atoms. The van der Waals surface area contributed by atoms with Gasteiger partial charge in [0.2, 0.25) is 11.2 Å². The number of benzene rings is 1.